The smallest absolute Gasteiger partial charge is 0.253 e. The lowest BCUT2D eigenvalue weighted by Crippen LogP contribution is -2.29. The predicted octanol–water partition coefficient (Wildman–Crippen LogP) is 0.268. The summed E-state index contributed by atoms with van der Waals surface area (Å²) in [6, 6.07) is 0. The van der Waals surface area contributed by atoms with Crippen molar-refractivity contribution in [2.45, 2.75) is 13.3 Å². The highest BCUT2D eigenvalue weighted by Crippen LogP contribution is 2.22. The van der Waals surface area contributed by atoms with Crippen molar-refractivity contribution in [3.8, 4) is 0 Å². The van der Waals surface area contributed by atoms with Crippen LogP contribution in [-0.4, -0.2) is 19.2 Å². The Kier molecular flexibility index (Phi) is 7.61. The molecule has 0 fully saturated rings. The summed E-state index contributed by atoms with van der Waals surface area (Å²) in [6.07, 6.45) is 5.03. The van der Waals surface area contributed by atoms with Crippen molar-refractivity contribution in [3.63, 3.8) is 0 Å². The van der Waals surface area contributed by atoms with Crippen LogP contribution in [0.1, 0.15) is 12.7 Å². The summed E-state index contributed by atoms with van der Waals surface area (Å²) in [5.41, 5.74) is 0. The Hall–Kier alpha value is -0.480. The Labute approximate surface area is 85.7 Å². The molecule has 0 saturated carbocycles. The molecule has 0 aliphatic rings. The lowest BCUT2D eigenvalue weighted by atomic mass is 10.5. The van der Waals surface area contributed by atoms with E-state index in [9.17, 15) is 4.89 Å². The van der Waals surface area contributed by atoms with Gasteiger partial charge in [0.15, 0.2) is 0 Å². The fourth-order valence-electron chi connectivity index (χ4n) is 0.863. The third-order valence-corrected chi connectivity index (χ3v) is 2.20. The molecule has 1 rings (SSSR count). The van der Waals surface area contributed by atoms with Crippen LogP contribution in [0.4, 0.5) is 0 Å². The highest BCUT2D eigenvalue weighted by Gasteiger charge is 1.99. The maximum atomic E-state index is 9.88. The first-order valence-corrected chi connectivity index (χ1v) is 5.32. The number of aromatic nitrogens is 2. The molecule has 1 N–H and O–H groups in total. The van der Waals surface area contributed by atoms with Crippen LogP contribution in [0.5, 0.6) is 0 Å². The van der Waals surface area contributed by atoms with Gasteiger partial charge in [0.1, 0.15) is 12.4 Å². The number of imidazole rings is 1. The Morgan fingerprint density at radius 3 is 2.21 bits per heavy atom. The SMILES string of the molecule is CCc1[nH]cc[n+]1C.COP([O-])OC. The average Bonchev–Trinajstić information content (AvgIpc) is 2.63. The van der Waals surface area contributed by atoms with Crippen LogP contribution in [-0.2, 0) is 22.5 Å². The van der Waals surface area contributed by atoms with Crippen LogP contribution in [0.15, 0.2) is 12.4 Å². The minimum Gasteiger partial charge on any atom is -0.786 e. The standard InChI is InChI=1S/C6H10N2.C2H6O3P/c1-3-6-7-4-5-8(6)2;1-4-6(3)5-2/h4-5H,3H2,1-2H3;1-2H3/q;-1/p+1. The van der Waals surface area contributed by atoms with Crippen molar-refractivity contribution in [3.05, 3.63) is 18.2 Å². The van der Waals surface area contributed by atoms with E-state index in [4.69, 9.17) is 0 Å². The number of nitrogens with zero attached hydrogens (tertiary/aromatic N) is 1. The van der Waals surface area contributed by atoms with Crippen molar-refractivity contribution in [1.29, 1.82) is 0 Å². The van der Waals surface area contributed by atoms with Gasteiger partial charge in [-0.15, -0.1) is 0 Å². The molecule has 0 saturated heterocycles. The summed E-state index contributed by atoms with van der Waals surface area (Å²) in [4.78, 5) is 13.0. The molecular weight excluding hydrogens is 203 g/mol. The largest absolute Gasteiger partial charge is 0.786 e. The Morgan fingerprint density at radius 1 is 1.50 bits per heavy atom. The Bertz CT molecular complexity index is 238. The molecule has 0 bridgehead atoms. The van der Waals surface area contributed by atoms with Crippen molar-refractivity contribution >= 4 is 8.60 Å². The highest BCUT2D eigenvalue weighted by atomic mass is 31.2. The van der Waals surface area contributed by atoms with Gasteiger partial charge in [0, 0.05) is 20.6 Å². The first-order chi connectivity index (χ1) is 6.65. The molecule has 1 aromatic heterocycles. The van der Waals surface area contributed by atoms with E-state index >= 15 is 0 Å². The minimum atomic E-state index is -1.83. The predicted molar refractivity (Wildman–Crippen MR) is 52.3 cm³/mol. The maximum Gasteiger partial charge on any atom is 0.253 e. The summed E-state index contributed by atoms with van der Waals surface area (Å²) in [5, 5.41) is 0. The average molecular weight is 220 g/mol. The lowest BCUT2D eigenvalue weighted by Gasteiger charge is -2.15. The van der Waals surface area contributed by atoms with Gasteiger partial charge in [-0.25, -0.2) is 9.55 Å². The van der Waals surface area contributed by atoms with Gasteiger partial charge < -0.3 is 13.9 Å². The molecule has 0 radical (unpaired) electrons. The van der Waals surface area contributed by atoms with Crippen LogP contribution in [0.3, 0.4) is 0 Å². The first-order valence-electron chi connectivity index (χ1n) is 4.23. The van der Waals surface area contributed by atoms with Gasteiger partial charge >= 0.3 is 0 Å². The van der Waals surface area contributed by atoms with Crippen molar-refractivity contribution in [2.24, 2.45) is 7.05 Å². The lowest BCUT2D eigenvalue weighted by molar-refractivity contribution is -0.677. The van der Waals surface area contributed by atoms with Gasteiger partial charge in [0.05, 0.1) is 15.7 Å². The number of aromatic amines is 1. The summed E-state index contributed by atoms with van der Waals surface area (Å²) in [5.74, 6) is 1.27. The van der Waals surface area contributed by atoms with Crippen LogP contribution < -0.4 is 9.46 Å². The van der Waals surface area contributed by atoms with Gasteiger partial charge in [0.25, 0.3) is 5.82 Å². The van der Waals surface area contributed by atoms with Gasteiger partial charge in [-0.2, -0.15) is 0 Å². The minimum absolute atomic E-state index is 1.07. The van der Waals surface area contributed by atoms with Gasteiger partial charge in [-0.1, -0.05) is 6.92 Å². The molecule has 82 valence electrons. The summed E-state index contributed by atoms with van der Waals surface area (Å²) < 4.78 is 10.5. The number of hydrogen-bond acceptors (Lipinski definition) is 3. The monoisotopic (exact) mass is 220 g/mol. The van der Waals surface area contributed by atoms with E-state index in [1.54, 1.807) is 0 Å². The number of aryl methyl sites for hydroxylation is 2. The van der Waals surface area contributed by atoms with E-state index < -0.39 is 8.60 Å². The summed E-state index contributed by atoms with van der Waals surface area (Å²) in [7, 11) is 2.85. The number of H-pyrrole nitrogens is 1. The van der Waals surface area contributed by atoms with E-state index in [-0.39, 0.29) is 0 Å². The zero-order chi connectivity index (χ0) is 11.0. The molecule has 0 aliphatic heterocycles. The second-order valence-corrected chi connectivity index (χ2v) is 3.64. The molecule has 0 atom stereocenters. The normalized spacial score (nSPS) is 9.86. The quantitative estimate of drug-likeness (QED) is 0.587. The zero-order valence-corrected chi connectivity index (χ0v) is 9.88. The number of rotatable bonds is 3. The second kappa shape index (κ2) is 7.88. The van der Waals surface area contributed by atoms with Gasteiger partial charge in [-0.05, 0) is 0 Å². The molecule has 1 aromatic rings. The summed E-state index contributed by atoms with van der Waals surface area (Å²) >= 11 is 0. The molecule has 5 nitrogen and oxygen atoms in total. The third-order valence-electron chi connectivity index (χ3n) is 1.61. The Balaban J connectivity index is 0.000000255. The van der Waals surface area contributed by atoms with Crippen LogP contribution in [0.25, 0.3) is 0 Å². The summed E-state index contributed by atoms with van der Waals surface area (Å²) in [6.45, 7) is 2.13. The van der Waals surface area contributed by atoms with E-state index in [2.05, 4.69) is 25.5 Å². The van der Waals surface area contributed by atoms with Crippen molar-refractivity contribution < 1.29 is 18.5 Å². The number of nitrogens with one attached hydrogen (secondary N) is 1. The molecule has 1 heterocycles. The molecule has 14 heavy (non-hydrogen) atoms. The van der Waals surface area contributed by atoms with Gasteiger partial charge in [0.2, 0.25) is 0 Å². The fraction of sp³-hybridized carbons (Fsp3) is 0.625. The Morgan fingerprint density at radius 2 is 2.07 bits per heavy atom. The van der Waals surface area contributed by atoms with Crippen molar-refractivity contribution in [2.75, 3.05) is 14.2 Å². The van der Waals surface area contributed by atoms with E-state index in [1.165, 1.54) is 20.0 Å². The van der Waals surface area contributed by atoms with E-state index in [0.717, 1.165) is 6.42 Å². The fourth-order valence-corrected chi connectivity index (χ4v) is 1.01. The topological polar surface area (TPSA) is 61.2 Å². The first kappa shape index (κ1) is 13.5. The highest BCUT2D eigenvalue weighted by molar-refractivity contribution is 7.38. The van der Waals surface area contributed by atoms with Crippen molar-refractivity contribution in [1.82, 2.24) is 4.98 Å². The third kappa shape index (κ3) is 5.29. The maximum absolute atomic E-state index is 9.88. The van der Waals surface area contributed by atoms with E-state index in [0.29, 0.717) is 0 Å². The van der Waals surface area contributed by atoms with Gasteiger partial charge in [-0.3, -0.25) is 0 Å². The van der Waals surface area contributed by atoms with Crippen LogP contribution in [0, 0.1) is 0 Å². The molecule has 0 aliphatic carbocycles. The number of hydrogen-bond donors (Lipinski definition) is 1. The molecule has 0 amide bonds. The molecule has 6 heteroatoms. The zero-order valence-electron chi connectivity index (χ0n) is 8.98. The van der Waals surface area contributed by atoms with Crippen LogP contribution >= 0.6 is 8.60 Å². The molecule has 0 unspecified atom stereocenters. The van der Waals surface area contributed by atoms with E-state index in [1.807, 2.05) is 19.4 Å². The van der Waals surface area contributed by atoms with Crippen LogP contribution in [0.2, 0.25) is 0 Å². The molecular formula is C8H17N2O3P. The molecule has 0 aromatic carbocycles. The molecule has 0 spiro atoms. The second-order valence-electron chi connectivity index (χ2n) is 2.46.